The Bertz CT molecular complexity index is 864. The molecule has 33 heavy (non-hydrogen) atoms. The predicted molar refractivity (Wildman–Crippen MR) is 129 cm³/mol. The Morgan fingerprint density at radius 1 is 1.00 bits per heavy atom. The lowest BCUT2D eigenvalue weighted by atomic mass is 9.46. The highest BCUT2D eigenvalue weighted by Crippen LogP contribution is 2.67. The lowest BCUT2D eigenvalue weighted by molar-refractivity contribution is -0.158. The molecule has 0 saturated heterocycles. The summed E-state index contributed by atoms with van der Waals surface area (Å²) < 4.78 is 6.07. The summed E-state index contributed by atoms with van der Waals surface area (Å²) >= 11 is 0. The number of rotatable bonds is 4. The third-order valence-electron chi connectivity index (χ3n) is 12.4. The van der Waals surface area contributed by atoms with Crippen molar-refractivity contribution >= 4 is 11.8 Å². The van der Waals surface area contributed by atoms with Crippen molar-refractivity contribution in [2.24, 2.45) is 51.8 Å². The third kappa shape index (κ3) is 3.26. The van der Waals surface area contributed by atoms with Gasteiger partial charge in [-0.15, -0.1) is 0 Å². The quantitative estimate of drug-likeness (QED) is 0.436. The molecule has 0 aromatic rings. The van der Waals surface area contributed by atoms with Gasteiger partial charge in [0.15, 0.2) is 5.78 Å². The number of ketones is 1. The highest BCUT2D eigenvalue weighted by atomic mass is 16.5. The van der Waals surface area contributed by atoms with Gasteiger partial charge in [0.1, 0.15) is 0 Å². The van der Waals surface area contributed by atoms with Gasteiger partial charge in [-0.2, -0.15) is 0 Å². The molecule has 2 bridgehead atoms. The Hall–Kier alpha value is -1.12. The van der Waals surface area contributed by atoms with Crippen molar-refractivity contribution in [2.75, 3.05) is 6.61 Å². The van der Waals surface area contributed by atoms with Gasteiger partial charge in [-0.3, -0.25) is 9.59 Å². The van der Waals surface area contributed by atoms with Crippen LogP contribution in [0, 0.1) is 51.8 Å². The van der Waals surface area contributed by atoms with Gasteiger partial charge in [0.2, 0.25) is 0 Å². The summed E-state index contributed by atoms with van der Waals surface area (Å²) in [6.45, 7) is 8.05. The Morgan fingerprint density at radius 2 is 1.79 bits per heavy atom. The number of esters is 1. The molecule has 0 aliphatic heterocycles. The molecule has 7 atom stereocenters. The first-order valence-corrected chi connectivity index (χ1v) is 14.2. The lowest BCUT2D eigenvalue weighted by Crippen LogP contribution is -2.51. The molecule has 6 aliphatic rings. The molecule has 6 aliphatic carbocycles. The molecule has 0 N–H and O–H groups in total. The Labute approximate surface area is 200 Å². The Balaban J connectivity index is 1.14. The Kier molecular flexibility index (Phi) is 5.21. The molecule has 0 aromatic heterocycles. The van der Waals surface area contributed by atoms with E-state index in [4.69, 9.17) is 4.74 Å². The van der Waals surface area contributed by atoms with E-state index in [0.29, 0.717) is 29.6 Å². The third-order valence-corrected chi connectivity index (χ3v) is 12.4. The van der Waals surface area contributed by atoms with Crippen molar-refractivity contribution in [1.29, 1.82) is 0 Å². The fourth-order valence-electron chi connectivity index (χ4n) is 10.5. The molecule has 0 aromatic carbocycles. The van der Waals surface area contributed by atoms with Crippen molar-refractivity contribution in [3.63, 3.8) is 0 Å². The lowest BCUT2D eigenvalue weighted by Gasteiger charge is -2.58. The monoisotopic (exact) mass is 452 g/mol. The van der Waals surface area contributed by atoms with E-state index >= 15 is 0 Å². The van der Waals surface area contributed by atoms with Gasteiger partial charge in [0, 0.05) is 6.42 Å². The summed E-state index contributed by atoms with van der Waals surface area (Å²) in [5, 5.41) is 0. The van der Waals surface area contributed by atoms with Crippen LogP contribution in [0.1, 0.15) is 104 Å². The second kappa shape index (κ2) is 7.69. The van der Waals surface area contributed by atoms with Crippen LogP contribution in [0.25, 0.3) is 0 Å². The summed E-state index contributed by atoms with van der Waals surface area (Å²) in [5.74, 6) is 4.78. The van der Waals surface area contributed by atoms with Crippen molar-refractivity contribution in [1.82, 2.24) is 0 Å². The molecule has 0 radical (unpaired) electrons. The summed E-state index contributed by atoms with van der Waals surface area (Å²) in [7, 11) is 0. The van der Waals surface area contributed by atoms with Gasteiger partial charge in [0.05, 0.1) is 12.0 Å². The number of fused-ring (bicyclic) bond motifs is 7. The van der Waals surface area contributed by atoms with Gasteiger partial charge < -0.3 is 4.74 Å². The van der Waals surface area contributed by atoms with Gasteiger partial charge in [-0.05, 0) is 129 Å². The molecule has 3 nitrogen and oxygen atoms in total. The highest BCUT2D eigenvalue weighted by Gasteiger charge is 2.59. The van der Waals surface area contributed by atoms with E-state index in [9.17, 15) is 9.59 Å². The molecule has 3 heteroatoms. The molecule has 5 saturated carbocycles. The number of ether oxygens (including phenoxy) is 1. The topological polar surface area (TPSA) is 43.4 Å². The average molecular weight is 453 g/mol. The van der Waals surface area contributed by atoms with Gasteiger partial charge in [0.25, 0.3) is 0 Å². The zero-order valence-electron chi connectivity index (χ0n) is 21.2. The first-order valence-electron chi connectivity index (χ1n) is 14.2. The highest BCUT2D eigenvalue weighted by molar-refractivity contribution is 5.91. The smallest absolute Gasteiger partial charge is 0.312 e. The second-order valence-corrected chi connectivity index (χ2v) is 13.7. The minimum Gasteiger partial charge on any atom is -0.465 e. The van der Waals surface area contributed by atoms with Crippen LogP contribution in [0.2, 0.25) is 0 Å². The van der Waals surface area contributed by atoms with Crippen molar-refractivity contribution in [3.05, 3.63) is 11.6 Å². The average Bonchev–Trinajstić information content (AvgIpc) is 3.51. The first kappa shape index (κ1) is 22.4. The van der Waals surface area contributed by atoms with Crippen LogP contribution in [-0.2, 0) is 14.3 Å². The van der Waals surface area contributed by atoms with Crippen molar-refractivity contribution in [3.8, 4) is 0 Å². The normalized spacial score (nSPS) is 49.1. The number of hydrogen-bond acceptors (Lipinski definition) is 3. The van der Waals surface area contributed by atoms with Crippen molar-refractivity contribution in [2.45, 2.75) is 104 Å². The molecule has 6 rings (SSSR count). The van der Waals surface area contributed by atoms with E-state index in [2.05, 4.69) is 20.8 Å². The van der Waals surface area contributed by atoms with E-state index < -0.39 is 0 Å². The summed E-state index contributed by atoms with van der Waals surface area (Å²) in [6.07, 6.45) is 17.2. The second-order valence-electron chi connectivity index (χ2n) is 13.7. The minimum atomic E-state index is -0.116. The van der Waals surface area contributed by atoms with Gasteiger partial charge in [-0.1, -0.05) is 26.3 Å². The maximum absolute atomic E-state index is 13.0. The fourth-order valence-corrected chi connectivity index (χ4v) is 10.5. The predicted octanol–water partition coefficient (Wildman–Crippen LogP) is 6.89. The zero-order chi connectivity index (χ0) is 23.0. The molecule has 0 spiro atoms. The number of hydrogen-bond donors (Lipinski definition) is 0. The minimum absolute atomic E-state index is 0.116. The van der Waals surface area contributed by atoms with E-state index in [1.165, 1.54) is 50.5 Å². The largest absolute Gasteiger partial charge is 0.465 e. The molecule has 182 valence electrons. The van der Waals surface area contributed by atoms with Crippen molar-refractivity contribution < 1.29 is 14.3 Å². The molecule has 0 amide bonds. The number of carbonyl (C=O) groups is 2. The van der Waals surface area contributed by atoms with Gasteiger partial charge >= 0.3 is 5.97 Å². The van der Waals surface area contributed by atoms with Crippen LogP contribution in [0.3, 0.4) is 0 Å². The first-order chi connectivity index (χ1) is 15.8. The SMILES string of the molecule is CC(COC(=O)C12CCC(CC1)C2)[C@H]1CC[C@H]2[C@@H]3CCC4=CC(=O)CC[C@]4(C)[C@H]3CC[C@]12C. The molecule has 1 unspecified atom stereocenters. The zero-order valence-corrected chi connectivity index (χ0v) is 21.2. The Morgan fingerprint density at radius 3 is 2.52 bits per heavy atom. The van der Waals surface area contributed by atoms with Crippen LogP contribution in [0.15, 0.2) is 11.6 Å². The molecule has 5 fully saturated rings. The van der Waals surface area contributed by atoms with Crippen LogP contribution < -0.4 is 0 Å². The summed E-state index contributed by atoms with van der Waals surface area (Å²) in [4.78, 5) is 25.1. The summed E-state index contributed by atoms with van der Waals surface area (Å²) in [5.41, 5.74) is 2.00. The van der Waals surface area contributed by atoms with E-state index in [1.807, 2.05) is 6.08 Å². The van der Waals surface area contributed by atoms with E-state index in [0.717, 1.165) is 62.2 Å². The maximum atomic E-state index is 13.0. The summed E-state index contributed by atoms with van der Waals surface area (Å²) in [6, 6.07) is 0. The molecular formula is C30H44O3. The van der Waals surface area contributed by atoms with Crippen LogP contribution >= 0.6 is 0 Å². The van der Waals surface area contributed by atoms with E-state index in [-0.39, 0.29) is 16.8 Å². The standard InChI is InChI=1S/C30H44O3/c1-19(18-33-27(32)30-14-8-20(17-30)9-15-30)24-6-7-25-23-5-4-21-16-22(31)10-12-28(21,2)26(23)11-13-29(24,25)3/h16,19-20,23-26H,4-15,17-18H2,1-3H3/t19?,20?,23-,24+,25-,26-,28-,29+,30?/m0/s1. The van der Waals surface area contributed by atoms with Crippen LogP contribution in [-0.4, -0.2) is 18.4 Å². The molecular weight excluding hydrogens is 408 g/mol. The van der Waals surface area contributed by atoms with Crippen LogP contribution in [0.5, 0.6) is 0 Å². The van der Waals surface area contributed by atoms with Crippen LogP contribution in [0.4, 0.5) is 0 Å². The fraction of sp³-hybridized carbons (Fsp3) is 0.867. The maximum Gasteiger partial charge on any atom is 0.312 e. The van der Waals surface area contributed by atoms with Gasteiger partial charge in [-0.25, -0.2) is 0 Å². The van der Waals surface area contributed by atoms with E-state index in [1.54, 1.807) is 0 Å². The number of allylic oxidation sites excluding steroid dienone is 1. The molecule has 0 heterocycles. The number of carbonyl (C=O) groups excluding carboxylic acids is 2.